The first-order chi connectivity index (χ1) is 12.0. The summed E-state index contributed by atoms with van der Waals surface area (Å²) in [5.41, 5.74) is 3.06. The summed E-state index contributed by atoms with van der Waals surface area (Å²) in [6.07, 6.45) is 1.47. The van der Waals surface area contributed by atoms with E-state index in [1.807, 2.05) is 0 Å². The first kappa shape index (κ1) is 19.1. The van der Waals surface area contributed by atoms with Crippen LogP contribution in [0.2, 0.25) is 5.02 Å². The van der Waals surface area contributed by atoms with E-state index < -0.39 is 5.91 Å². The molecule has 2 aromatic carbocycles. The second kappa shape index (κ2) is 9.29. The van der Waals surface area contributed by atoms with Crippen LogP contribution in [0.25, 0.3) is 0 Å². The molecule has 25 heavy (non-hydrogen) atoms. The molecule has 0 aliphatic heterocycles. The monoisotopic (exact) mass is 426 g/mol. The molecule has 0 heterocycles. The first-order valence-corrected chi connectivity index (χ1v) is 8.32. The number of ether oxygens (including phenoxy) is 3. The van der Waals surface area contributed by atoms with Crippen molar-refractivity contribution in [3.8, 4) is 17.2 Å². The molecule has 0 saturated heterocycles. The molecule has 0 fully saturated rings. The van der Waals surface area contributed by atoms with E-state index in [1.54, 1.807) is 50.6 Å². The second-order valence-electron chi connectivity index (χ2n) is 4.76. The molecule has 1 amide bonds. The molecule has 1 N–H and O–H groups in total. The highest BCUT2D eigenvalue weighted by Gasteiger charge is 2.06. The van der Waals surface area contributed by atoms with Crippen LogP contribution in [0.4, 0.5) is 0 Å². The van der Waals surface area contributed by atoms with Crippen LogP contribution in [0.1, 0.15) is 5.56 Å². The molecule has 0 atom stereocenters. The van der Waals surface area contributed by atoms with Gasteiger partial charge in [0.25, 0.3) is 5.91 Å². The maximum atomic E-state index is 11.8. The molecule has 0 bridgehead atoms. The van der Waals surface area contributed by atoms with Gasteiger partial charge in [-0.3, -0.25) is 4.79 Å². The number of hydrogen-bond acceptors (Lipinski definition) is 5. The van der Waals surface area contributed by atoms with Gasteiger partial charge in [0.1, 0.15) is 17.2 Å². The minimum absolute atomic E-state index is 0.188. The lowest BCUT2D eigenvalue weighted by Gasteiger charge is -2.08. The number of carbonyl (C=O) groups is 1. The Hall–Kier alpha value is -2.25. The van der Waals surface area contributed by atoms with Crippen LogP contribution in [-0.2, 0) is 4.79 Å². The zero-order valence-corrected chi connectivity index (χ0v) is 15.9. The molecule has 0 radical (unpaired) electrons. The van der Waals surface area contributed by atoms with Crippen LogP contribution < -0.4 is 19.6 Å². The van der Waals surface area contributed by atoms with Crippen LogP contribution in [-0.4, -0.2) is 32.9 Å². The van der Waals surface area contributed by atoms with E-state index in [1.165, 1.54) is 6.21 Å². The van der Waals surface area contributed by atoms with Gasteiger partial charge in [0.15, 0.2) is 6.61 Å². The molecule has 0 saturated carbocycles. The molecule has 0 spiro atoms. The normalized spacial score (nSPS) is 10.6. The van der Waals surface area contributed by atoms with E-state index in [0.717, 1.165) is 0 Å². The number of nitrogens with zero attached hydrogens (tertiary/aromatic N) is 1. The summed E-state index contributed by atoms with van der Waals surface area (Å²) in [6.45, 7) is -0.188. The standard InChI is InChI=1S/C17H16BrClN2O4/c1-23-13-4-6-15(24-2)11(7-13)9-20-21-17(22)10-25-16-5-3-12(19)8-14(16)18/h3-9H,10H2,1-2H3,(H,21,22)/b20-9-. The summed E-state index contributed by atoms with van der Waals surface area (Å²) in [4.78, 5) is 11.8. The van der Waals surface area contributed by atoms with Crippen LogP contribution in [0.15, 0.2) is 46.0 Å². The third kappa shape index (κ3) is 5.65. The number of hydrazone groups is 1. The molecule has 0 aliphatic rings. The summed E-state index contributed by atoms with van der Waals surface area (Å²) in [5.74, 6) is 1.38. The number of rotatable bonds is 7. The highest BCUT2D eigenvalue weighted by atomic mass is 79.9. The van der Waals surface area contributed by atoms with E-state index >= 15 is 0 Å². The maximum absolute atomic E-state index is 11.8. The zero-order valence-electron chi connectivity index (χ0n) is 13.6. The lowest BCUT2D eigenvalue weighted by Crippen LogP contribution is -2.24. The van der Waals surface area contributed by atoms with Crippen molar-refractivity contribution >= 4 is 39.7 Å². The van der Waals surface area contributed by atoms with Gasteiger partial charge in [0, 0.05) is 10.6 Å². The Kier molecular flexibility index (Phi) is 7.09. The van der Waals surface area contributed by atoms with Gasteiger partial charge in [0.2, 0.25) is 0 Å². The minimum atomic E-state index is -0.403. The van der Waals surface area contributed by atoms with Crippen molar-refractivity contribution in [3.63, 3.8) is 0 Å². The fraction of sp³-hybridized carbons (Fsp3) is 0.176. The molecular weight excluding hydrogens is 412 g/mol. The van der Waals surface area contributed by atoms with Crippen molar-refractivity contribution in [2.75, 3.05) is 20.8 Å². The average molecular weight is 428 g/mol. The zero-order chi connectivity index (χ0) is 18.2. The van der Waals surface area contributed by atoms with Crippen molar-refractivity contribution in [2.45, 2.75) is 0 Å². The van der Waals surface area contributed by atoms with Crippen LogP contribution >= 0.6 is 27.5 Å². The maximum Gasteiger partial charge on any atom is 0.277 e. The summed E-state index contributed by atoms with van der Waals surface area (Å²) in [6, 6.07) is 10.3. The Morgan fingerprint density at radius 2 is 1.96 bits per heavy atom. The highest BCUT2D eigenvalue weighted by molar-refractivity contribution is 9.10. The van der Waals surface area contributed by atoms with E-state index in [-0.39, 0.29) is 6.61 Å². The lowest BCUT2D eigenvalue weighted by molar-refractivity contribution is -0.123. The topological polar surface area (TPSA) is 69.2 Å². The third-order valence-corrected chi connectivity index (χ3v) is 3.94. The van der Waals surface area contributed by atoms with E-state index in [4.69, 9.17) is 25.8 Å². The number of amides is 1. The van der Waals surface area contributed by atoms with E-state index in [9.17, 15) is 4.79 Å². The highest BCUT2D eigenvalue weighted by Crippen LogP contribution is 2.27. The summed E-state index contributed by atoms with van der Waals surface area (Å²) in [5, 5.41) is 4.47. The Morgan fingerprint density at radius 3 is 2.64 bits per heavy atom. The van der Waals surface area contributed by atoms with Crippen molar-refractivity contribution < 1.29 is 19.0 Å². The third-order valence-electron chi connectivity index (χ3n) is 3.08. The Morgan fingerprint density at radius 1 is 1.20 bits per heavy atom. The predicted octanol–water partition coefficient (Wildman–Crippen LogP) is 3.65. The van der Waals surface area contributed by atoms with Gasteiger partial charge in [-0.05, 0) is 52.3 Å². The van der Waals surface area contributed by atoms with Crippen molar-refractivity contribution in [3.05, 3.63) is 51.5 Å². The predicted molar refractivity (Wildman–Crippen MR) is 99.9 cm³/mol. The first-order valence-electron chi connectivity index (χ1n) is 7.15. The number of benzene rings is 2. The number of halogens is 2. The molecule has 0 unspecified atom stereocenters. The smallest absolute Gasteiger partial charge is 0.277 e. The van der Waals surface area contributed by atoms with Gasteiger partial charge < -0.3 is 14.2 Å². The fourth-order valence-electron chi connectivity index (χ4n) is 1.88. The molecule has 8 heteroatoms. The Labute approximate surface area is 158 Å². The molecule has 2 aromatic rings. The molecular formula is C17H16BrClN2O4. The van der Waals surface area contributed by atoms with Gasteiger partial charge in [0.05, 0.1) is 24.9 Å². The number of methoxy groups -OCH3 is 2. The Bertz CT molecular complexity index is 783. The number of carbonyl (C=O) groups excluding carboxylic acids is 1. The SMILES string of the molecule is COc1ccc(OC)c(/C=N\NC(=O)COc2ccc(Cl)cc2Br)c1. The summed E-state index contributed by atoms with van der Waals surface area (Å²) < 4.78 is 16.4. The minimum Gasteiger partial charge on any atom is -0.497 e. The van der Waals surface area contributed by atoms with Gasteiger partial charge in [-0.2, -0.15) is 5.10 Å². The molecule has 6 nitrogen and oxygen atoms in total. The second-order valence-corrected chi connectivity index (χ2v) is 6.06. The average Bonchev–Trinajstić information content (AvgIpc) is 2.60. The molecule has 132 valence electrons. The van der Waals surface area contributed by atoms with Crippen molar-refractivity contribution in [1.82, 2.24) is 5.43 Å². The lowest BCUT2D eigenvalue weighted by atomic mass is 10.2. The van der Waals surface area contributed by atoms with Crippen LogP contribution in [0, 0.1) is 0 Å². The van der Waals surface area contributed by atoms with Gasteiger partial charge in [-0.15, -0.1) is 0 Å². The molecule has 0 aromatic heterocycles. The fourth-order valence-corrected chi connectivity index (χ4v) is 2.68. The van der Waals surface area contributed by atoms with Gasteiger partial charge >= 0.3 is 0 Å². The van der Waals surface area contributed by atoms with Gasteiger partial charge in [-0.1, -0.05) is 11.6 Å². The van der Waals surface area contributed by atoms with Crippen molar-refractivity contribution in [2.24, 2.45) is 5.10 Å². The quantitative estimate of drug-likeness (QED) is 0.541. The van der Waals surface area contributed by atoms with Gasteiger partial charge in [-0.25, -0.2) is 5.43 Å². The van der Waals surface area contributed by atoms with E-state index in [0.29, 0.717) is 32.3 Å². The number of nitrogens with one attached hydrogen (secondary N) is 1. The van der Waals surface area contributed by atoms with E-state index in [2.05, 4.69) is 26.5 Å². The van der Waals surface area contributed by atoms with Crippen LogP contribution in [0.3, 0.4) is 0 Å². The van der Waals surface area contributed by atoms with Crippen molar-refractivity contribution in [1.29, 1.82) is 0 Å². The molecule has 0 aliphatic carbocycles. The Balaban J connectivity index is 1.92. The molecule has 2 rings (SSSR count). The largest absolute Gasteiger partial charge is 0.497 e. The number of hydrogen-bond donors (Lipinski definition) is 1. The summed E-state index contributed by atoms with van der Waals surface area (Å²) in [7, 11) is 3.12. The summed E-state index contributed by atoms with van der Waals surface area (Å²) >= 11 is 9.16. The van der Waals surface area contributed by atoms with Crippen LogP contribution in [0.5, 0.6) is 17.2 Å².